The van der Waals surface area contributed by atoms with Crippen molar-refractivity contribution in [1.82, 2.24) is 0 Å². The maximum Gasteiger partial charge on any atom is 0.501 e. The first-order chi connectivity index (χ1) is 14.5. The summed E-state index contributed by atoms with van der Waals surface area (Å²) in [6.45, 7) is 13.0. The van der Waals surface area contributed by atoms with Gasteiger partial charge in [0, 0.05) is 0 Å². The van der Waals surface area contributed by atoms with E-state index in [0.717, 1.165) is 0 Å². The van der Waals surface area contributed by atoms with Gasteiger partial charge in [0.1, 0.15) is 16.1 Å². The molecule has 0 heterocycles. The smallest absolute Gasteiger partial charge is 0.161 e. The average Bonchev–Trinajstić information content (AvgIpc) is 2.69. The number of hydrogen-bond donors (Lipinski definition) is 2. The van der Waals surface area contributed by atoms with E-state index in [2.05, 4.69) is 40.0 Å². The standard InChI is InChI=1S/2C9H13O2PSi.2C2H5.Sn/c2*1-13(2,8-12(10)11)9-6-4-3-5-7-9;2*1-2;/h2*3-7H,8H2,1-2H3;2*1H2,2H3;/p+2. The van der Waals surface area contributed by atoms with E-state index in [9.17, 15) is 9.13 Å². The van der Waals surface area contributed by atoms with Crippen LogP contribution in [0.15, 0.2) is 60.7 Å². The Morgan fingerprint density at radius 1 is 0.677 bits per heavy atom. The molecule has 2 rings (SSSR count). The fraction of sp³-hybridized carbons (Fsp3) is 0.455. The number of rotatable bonds is 8. The van der Waals surface area contributed by atoms with E-state index in [1.54, 1.807) is 0 Å². The molecule has 9 heteroatoms. The predicted molar refractivity (Wildman–Crippen MR) is 143 cm³/mol. The molecule has 0 spiro atoms. The van der Waals surface area contributed by atoms with Gasteiger partial charge in [0.25, 0.3) is 0 Å². The number of benzene rings is 2. The minimum absolute atomic E-state index is 0.218. The second kappa shape index (κ2) is 16.4. The third-order valence-corrected chi connectivity index (χ3v) is 19.8. The van der Waals surface area contributed by atoms with Crippen molar-refractivity contribution in [2.75, 3.05) is 11.6 Å². The molecule has 0 aromatic heterocycles. The molecule has 31 heavy (non-hydrogen) atoms. The minimum atomic E-state index is -2.00. The molecular formula is C22H38O4P2Si2Sn+2. The van der Waals surface area contributed by atoms with Gasteiger partial charge in [-0.2, -0.15) is 9.79 Å². The van der Waals surface area contributed by atoms with Crippen LogP contribution >= 0.6 is 16.1 Å². The number of hydrogen-bond acceptors (Lipinski definition) is 2. The van der Waals surface area contributed by atoms with Crippen LogP contribution in [-0.4, -0.2) is 58.6 Å². The molecule has 0 bridgehead atoms. The Kier molecular flexibility index (Phi) is 16.3. The van der Waals surface area contributed by atoms with Gasteiger partial charge in [0.15, 0.2) is 11.6 Å². The zero-order valence-electron chi connectivity index (χ0n) is 19.7. The Hall–Kier alpha value is -0.208. The summed E-state index contributed by atoms with van der Waals surface area (Å²) in [5.74, 6) is 0.901. The quantitative estimate of drug-likeness (QED) is 0.317. The summed E-state index contributed by atoms with van der Waals surface area (Å²) in [5, 5.41) is 2.49. The van der Waals surface area contributed by atoms with Gasteiger partial charge >= 0.3 is 59.9 Å². The van der Waals surface area contributed by atoms with Gasteiger partial charge in [-0.05, 0) is 9.13 Å². The Balaban J connectivity index is 0.000000479. The fourth-order valence-electron chi connectivity index (χ4n) is 2.89. The average molecular weight is 603 g/mol. The molecule has 2 aromatic carbocycles. The molecular weight excluding hydrogens is 565 g/mol. The van der Waals surface area contributed by atoms with Crippen LogP contribution in [0.4, 0.5) is 0 Å². The van der Waals surface area contributed by atoms with E-state index in [0.29, 0.717) is 11.6 Å². The molecule has 2 atom stereocenters. The molecule has 4 nitrogen and oxygen atoms in total. The minimum Gasteiger partial charge on any atom is -0.161 e. The van der Waals surface area contributed by atoms with Gasteiger partial charge in [-0.1, -0.05) is 97.2 Å². The second-order valence-electron chi connectivity index (χ2n) is 8.48. The molecule has 0 saturated heterocycles. The third-order valence-electron chi connectivity index (χ3n) is 4.67. The van der Waals surface area contributed by atoms with E-state index in [1.807, 2.05) is 60.7 Å². The third kappa shape index (κ3) is 14.5. The zero-order valence-corrected chi connectivity index (χ0v) is 26.4. The van der Waals surface area contributed by atoms with Crippen LogP contribution in [0.2, 0.25) is 35.1 Å². The first-order valence-electron chi connectivity index (χ1n) is 10.5. The van der Waals surface area contributed by atoms with Gasteiger partial charge in [0.05, 0.1) is 0 Å². The van der Waals surface area contributed by atoms with Crippen molar-refractivity contribution in [3.05, 3.63) is 60.7 Å². The molecule has 0 aliphatic rings. The Morgan fingerprint density at radius 3 is 1.16 bits per heavy atom. The molecule has 0 aliphatic heterocycles. The van der Waals surface area contributed by atoms with Crippen molar-refractivity contribution in [2.45, 2.75) is 48.9 Å². The zero-order chi connectivity index (χ0) is 23.9. The molecule has 0 aliphatic carbocycles. The second-order valence-corrected chi connectivity index (χ2v) is 26.6. The van der Waals surface area contributed by atoms with Gasteiger partial charge in [-0.15, -0.1) is 0 Å². The molecule has 170 valence electrons. The monoisotopic (exact) mass is 604 g/mol. The van der Waals surface area contributed by atoms with Crippen LogP contribution in [-0.2, 0) is 9.13 Å². The van der Waals surface area contributed by atoms with Gasteiger partial charge in [-0.3, -0.25) is 0 Å². The maximum absolute atomic E-state index is 10.8. The summed E-state index contributed by atoms with van der Waals surface area (Å²) in [6.07, 6.45) is 0. The van der Waals surface area contributed by atoms with E-state index in [1.165, 1.54) is 19.2 Å². The van der Waals surface area contributed by atoms with Crippen LogP contribution in [0.25, 0.3) is 0 Å². The molecule has 2 unspecified atom stereocenters. The SMILES string of the molecule is C[CH2][Sn][CH2]C.C[Si](C)(C[P+](=O)O)c1ccccc1.C[Si](C)(C[P+](=O)O)c1ccccc1. The summed E-state index contributed by atoms with van der Waals surface area (Å²) in [5.41, 5.74) is 0. The molecule has 2 aromatic rings. The van der Waals surface area contributed by atoms with Gasteiger partial charge in [0.2, 0.25) is 0 Å². The van der Waals surface area contributed by atoms with Crippen LogP contribution in [0, 0.1) is 0 Å². The largest absolute Gasteiger partial charge is 0.501 e. The predicted octanol–water partition coefficient (Wildman–Crippen LogP) is 5.32. The summed E-state index contributed by atoms with van der Waals surface area (Å²) >= 11 is 0.218. The molecule has 0 saturated carbocycles. The van der Waals surface area contributed by atoms with Crippen molar-refractivity contribution in [3.63, 3.8) is 0 Å². The molecule has 0 fully saturated rings. The summed E-state index contributed by atoms with van der Waals surface area (Å²) in [4.78, 5) is 17.8. The van der Waals surface area contributed by atoms with Gasteiger partial charge in [-0.25, -0.2) is 0 Å². The molecule has 2 radical (unpaired) electrons. The van der Waals surface area contributed by atoms with Gasteiger partial charge < -0.3 is 0 Å². The van der Waals surface area contributed by atoms with Crippen LogP contribution in [0.5, 0.6) is 0 Å². The molecule has 2 N–H and O–H groups in total. The Labute approximate surface area is 202 Å². The first-order valence-corrected chi connectivity index (χ1v) is 23.8. The normalized spacial score (nSPS) is 12.0. The summed E-state index contributed by atoms with van der Waals surface area (Å²) in [6, 6.07) is 20.0. The van der Waals surface area contributed by atoms with E-state index in [4.69, 9.17) is 9.79 Å². The summed E-state index contributed by atoms with van der Waals surface area (Å²) in [7, 11) is -7.35. The van der Waals surface area contributed by atoms with Crippen molar-refractivity contribution in [2.24, 2.45) is 0 Å². The van der Waals surface area contributed by atoms with E-state index in [-0.39, 0.29) is 21.1 Å². The fourth-order valence-corrected chi connectivity index (χ4v) is 13.4. The van der Waals surface area contributed by atoms with Crippen molar-refractivity contribution in [1.29, 1.82) is 0 Å². The van der Waals surface area contributed by atoms with Crippen molar-refractivity contribution < 1.29 is 18.9 Å². The van der Waals surface area contributed by atoms with Crippen LogP contribution in [0.1, 0.15) is 13.8 Å². The topological polar surface area (TPSA) is 74.6 Å². The van der Waals surface area contributed by atoms with Crippen molar-refractivity contribution >= 4 is 63.7 Å². The van der Waals surface area contributed by atoms with Crippen LogP contribution in [0.3, 0.4) is 0 Å². The molecule has 0 amide bonds. The van der Waals surface area contributed by atoms with Crippen LogP contribution < -0.4 is 10.4 Å². The van der Waals surface area contributed by atoms with E-state index < -0.39 is 32.2 Å². The Bertz CT molecular complexity index is 710. The first kappa shape index (κ1) is 30.8. The maximum atomic E-state index is 10.8. The summed E-state index contributed by atoms with van der Waals surface area (Å²) < 4.78 is 24.6. The van der Waals surface area contributed by atoms with E-state index >= 15 is 0 Å². The van der Waals surface area contributed by atoms with Crippen molar-refractivity contribution in [3.8, 4) is 0 Å². The Morgan fingerprint density at radius 2 is 0.968 bits per heavy atom.